The molecule has 0 aliphatic rings. The van der Waals surface area contributed by atoms with Gasteiger partial charge in [0.05, 0.1) is 0 Å². The Hall–Kier alpha value is -3.59. The molecule has 0 saturated carbocycles. The van der Waals surface area contributed by atoms with Crippen LogP contribution in [-0.2, 0) is 0 Å². The summed E-state index contributed by atoms with van der Waals surface area (Å²) in [4.78, 5) is 19.5. The van der Waals surface area contributed by atoms with E-state index >= 15 is 0 Å². The third-order valence-electron chi connectivity index (χ3n) is 4.78. The predicted octanol–water partition coefficient (Wildman–Crippen LogP) is 5.55. The summed E-state index contributed by atoms with van der Waals surface area (Å²) in [5, 5.41) is 2.21. The molecule has 0 fully saturated rings. The minimum Gasteiger partial charge on any atom is -0.361 e. The summed E-state index contributed by atoms with van der Waals surface area (Å²) >= 11 is 0. The molecule has 26 heavy (non-hydrogen) atoms. The average Bonchev–Trinajstić information content (AvgIpc) is 3.33. The van der Waals surface area contributed by atoms with Crippen molar-refractivity contribution in [1.29, 1.82) is 0 Å². The molecule has 0 radical (unpaired) electrons. The predicted molar refractivity (Wildman–Crippen MR) is 105 cm³/mol. The second kappa shape index (κ2) is 5.74. The maximum atomic E-state index is 12.9. The Kier molecular flexibility index (Phi) is 3.25. The normalized spacial score (nSPS) is 11.2. The highest BCUT2D eigenvalue weighted by molar-refractivity contribution is 6.11. The number of rotatable bonds is 3. The summed E-state index contributed by atoms with van der Waals surface area (Å²) in [6.45, 7) is 0. The minimum absolute atomic E-state index is 0.0334. The molecule has 3 nitrogen and oxygen atoms in total. The molecule has 0 bridgehead atoms. The monoisotopic (exact) mass is 336 g/mol. The van der Waals surface area contributed by atoms with E-state index < -0.39 is 0 Å². The van der Waals surface area contributed by atoms with Crippen molar-refractivity contribution < 1.29 is 4.79 Å². The average molecular weight is 336 g/mol. The number of aromatic amines is 2. The van der Waals surface area contributed by atoms with Crippen molar-refractivity contribution in [2.24, 2.45) is 0 Å². The van der Waals surface area contributed by atoms with Crippen molar-refractivity contribution in [3.8, 4) is 11.3 Å². The Balaban J connectivity index is 1.55. The van der Waals surface area contributed by atoms with E-state index in [0.717, 1.165) is 33.1 Å². The number of aromatic nitrogens is 2. The number of fused-ring (bicyclic) bond motifs is 2. The lowest BCUT2D eigenvalue weighted by Gasteiger charge is -2.04. The molecular weight excluding hydrogens is 320 g/mol. The molecule has 0 aliphatic carbocycles. The van der Waals surface area contributed by atoms with Gasteiger partial charge < -0.3 is 9.97 Å². The van der Waals surface area contributed by atoms with Crippen LogP contribution < -0.4 is 0 Å². The van der Waals surface area contributed by atoms with Crippen molar-refractivity contribution in [3.63, 3.8) is 0 Å². The van der Waals surface area contributed by atoms with E-state index in [0.29, 0.717) is 11.1 Å². The topological polar surface area (TPSA) is 48.6 Å². The van der Waals surface area contributed by atoms with Crippen molar-refractivity contribution >= 4 is 27.6 Å². The van der Waals surface area contributed by atoms with E-state index in [9.17, 15) is 4.79 Å². The third-order valence-corrected chi connectivity index (χ3v) is 4.78. The molecular formula is C23H16N2O. The Morgan fingerprint density at radius 1 is 0.692 bits per heavy atom. The van der Waals surface area contributed by atoms with Gasteiger partial charge in [-0.1, -0.05) is 36.4 Å². The first kappa shape index (κ1) is 14.7. The number of benzene rings is 3. The van der Waals surface area contributed by atoms with E-state index in [1.165, 1.54) is 0 Å². The van der Waals surface area contributed by atoms with Gasteiger partial charge in [-0.3, -0.25) is 4.79 Å². The molecule has 2 heterocycles. The molecule has 2 aromatic heterocycles. The molecule has 3 heteroatoms. The van der Waals surface area contributed by atoms with Crippen LogP contribution in [0.2, 0.25) is 0 Å². The van der Waals surface area contributed by atoms with E-state index in [4.69, 9.17) is 0 Å². The van der Waals surface area contributed by atoms with Gasteiger partial charge in [0, 0.05) is 44.8 Å². The molecule has 0 atom stereocenters. The van der Waals surface area contributed by atoms with Crippen LogP contribution in [0.4, 0.5) is 0 Å². The molecule has 0 spiro atoms. The molecule has 2 N–H and O–H groups in total. The Bertz CT molecular complexity index is 1230. The van der Waals surface area contributed by atoms with Gasteiger partial charge in [-0.05, 0) is 48.0 Å². The number of carbonyl (C=O) groups is 1. The zero-order valence-corrected chi connectivity index (χ0v) is 14.0. The third kappa shape index (κ3) is 2.42. The number of nitrogens with one attached hydrogen (secondary N) is 2. The summed E-state index contributed by atoms with van der Waals surface area (Å²) in [6.07, 6.45) is 1.88. The fraction of sp³-hybridized carbons (Fsp3) is 0. The van der Waals surface area contributed by atoms with Crippen molar-refractivity contribution in [1.82, 2.24) is 9.97 Å². The lowest BCUT2D eigenvalue weighted by atomic mass is 9.99. The largest absolute Gasteiger partial charge is 0.361 e. The molecule has 5 rings (SSSR count). The highest BCUT2D eigenvalue weighted by atomic mass is 16.1. The number of carbonyl (C=O) groups excluding carboxylic acids is 1. The first-order valence-electron chi connectivity index (χ1n) is 8.58. The van der Waals surface area contributed by atoms with Crippen molar-refractivity contribution in [3.05, 3.63) is 96.2 Å². The number of H-pyrrole nitrogens is 2. The fourth-order valence-corrected chi connectivity index (χ4v) is 3.42. The summed E-state index contributed by atoms with van der Waals surface area (Å²) in [7, 11) is 0. The number of para-hydroxylation sites is 1. The smallest absolute Gasteiger partial charge is 0.193 e. The SMILES string of the molecule is O=C(c1cccc(-c2cc3ccccc3[nH]2)c1)c1ccc2[nH]ccc2c1. The molecule has 0 aliphatic heterocycles. The van der Waals surface area contributed by atoms with Crippen LogP contribution in [0.3, 0.4) is 0 Å². The van der Waals surface area contributed by atoms with Gasteiger partial charge >= 0.3 is 0 Å². The summed E-state index contributed by atoms with van der Waals surface area (Å²) in [6, 6.07) is 25.8. The molecule has 0 unspecified atom stereocenters. The van der Waals surface area contributed by atoms with Crippen LogP contribution in [0.15, 0.2) is 85.1 Å². The van der Waals surface area contributed by atoms with Gasteiger partial charge in [0.2, 0.25) is 0 Å². The van der Waals surface area contributed by atoms with Crippen LogP contribution in [0.25, 0.3) is 33.1 Å². The second-order valence-electron chi connectivity index (χ2n) is 6.46. The van der Waals surface area contributed by atoms with Crippen LogP contribution in [0.5, 0.6) is 0 Å². The van der Waals surface area contributed by atoms with Crippen molar-refractivity contribution in [2.75, 3.05) is 0 Å². The lowest BCUT2D eigenvalue weighted by Crippen LogP contribution is -2.01. The summed E-state index contributed by atoms with van der Waals surface area (Å²) in [5.41, 5.74) is 5.55. The van der Waals surface area contributed by atoms with Gasteiger partial charge in [-0.25, -0.2) is 0 Å². The van der Waals surface area contributed by atoms with Crippen LogP contribution in [-0.4, -0.2) is 15.8 Å². The molecule has 3 aromatic carbocycles. The van der Waals surface area contributed by atoms with E-state index in [1.807, 2.05) is 66.9 Å². The number of hydrogen-bond acceptors (Lipinski definition) is 1. The zero-order chi connectivity index (χ0) is 17.5. The maximum Gasteiger partial charge on any atom is 0.193 e. The van der Waals surface area contributed by atoms with Crippen LogP contribution >= 0.6 is 0 Å². The fourth-order valence-electron chi connectivity index (χ4n) is 3.42. The zero-order valence-electron chi connectivity index (χ0n) is 14.0. The van der Waals surface area contributed by atoms with Gasteiger partial charge in [-0.2, -0.15) is 0 Å². The number of hydrogen-bond donors (Lipinski definition) is 2. The van der Waals surface area contributed by atoms with E-state index in [-0.39, 0.29) is 5.78 Å². The molecule has 0 saturated heterocycles. The van der Waals surface area contributed by atoms with E-state index in [1.54, 1.807) is 0 Å². The van der Waals surface area contributed by atoms with Gasteiger partial charge in [0.1, 0.15) is 0 Å². The van der Waals surface area contributed by atoms with Gasteiger partial charge in [-0.15, -0.1) is 0 Å². The lowest BCUT2D eigenvalue weighted by molar-refractivity contribution is 0.103. The van der Waals surface area contributed by atoms with Crippen molar-refractivity contribution in [2.45, 2.75) is 0 Å². The minimum atomic E-state index is 0.0334. The molecule has 0 amide bonds. The first-order valence-corrected chi connectivity index (χ1v) is 8.58. The van der Waals surface area contributed by atoms with Gasteiger partial charge in [0.25, 0.3) is 0 Å². The molecule has 124 valence electrons. The highest BCUT2D eigenvalue weighted by Gasteiger charge is 2.12. The highest BCUT2D eigenvalue weighted by Crippen LogP contribution is 2.26. The van der Waals surface area contributed by atoms with Crippen LogP contribution in [0.1, 0.15) is 15.9 Å². The summed E-state index contributed by atoms with van der Waals surface area (Å²) in [5.74, 6) is 0.0334. The first-order chi connectivity index (χ1) is 12.8. The number of ketones is 1. The van der Waals surface area contributed by atoms with E-state index in [2.05, 4.69) is 28.2 Å². The van der Waals surface area contributed by atoms with Crippen LogP contribution in [0, 0.1) is 0 Å². The summed E-state index contributed by atoms with van der Waals surface area (Å²) < 4.78 is 0. The Morgan fingerprint density at radius 3 is 2.46 bits per heavy atom. The Morgan fingerprint density at radius 2 is 1.54 bits per heavy atom. The maximum absolute atomic E-state index is 12.9. The second-order valence-corrected chi connectivity index (χ2v) is 6.46. The van der Waals surface area contributed by atoms with Gasteiger partial charge in [0.15, 0.2) is 5.78 Å². The quantitative estimate of drug-likeness (QED) is 0.417. The Labute approximate surface area is 150 Å². The molecule has 5 aromatic rings. The standard InChI is InChI=1S/C23H16N2O/c26-23(19-8-9-20-17(13-19)10-11-24-20)18-6-3-5-15(12-18)22-14-16-4-1-2-7-21(16)25-22/h1-14,24-25H.